The number of hydrogen-bond donors (Lipinski definition) is 1. The molecule has 0 heterocycles. The van der Waals surface area contributed by atoms with E-state index in [2.05, 4.69) is 37.9 Å². The number of ether oxygens (including phenoxy) is 2. The van der Waals surface area contributed by atoms with E-state index in [0.29, 0.717) is 49.6 Å². The van der Waals surface area contributed by atoms with Crippen LogP contribution in [0.15, 0.2) is 9.59 Å². The lowest BCUT2D eigenvalue weighted by Crippen LogP contribution is -2.38. The zero-order valence-electron chi connectivity index (χ0n) is 42.8. The molecule has 1 aromatic carbocycles. The number of unbranched alkanes of at least 4 members (excludes halogenated alkanes) is 20. The van der Waals surface area contributed by atoms with Crippen molar-refractivity contribution in [2.45, 2.75) is 279 Å². The van der Waals surface area contributed by atoms with Crippen molar-refractivity contribution in [2.75, 3.05) is 38.1 Å². The first-order valence-electron chi connectivity index (χ1n) is 27.4. The standard InChI is InChI=1S/C53H98N2O6.C2H6/c1-6-11-15-17-21-27-36-47(37-28-22-18-16-12-7-2)61-50(57)39-30-24-20-26-32-43-55(44-33-41-54-51-48(10-5)52(58)53(51)59)42-31-25-19-23-29-38-49(56)60-45-40-46(34-13-8-3)35-14-9-4;1-2/h46-47,54H,6-45H2,1-5H3;1-2H3. The van der Waals surface area contributed by atoms with E-state index in [0.717, 1.165) is 110 Å². The van der Waals surface area contributed by atoms with Gasteiger partial charge in [-0.15, -0.1) is 0 Å². The van der Waals surface area contributed by atoms with Crippen molar-refractivity contribution in [3.8, 4) is 0 Å². The molecule has 8 heteroatoms. The van der Waals surface area contributed by atoms with Gasteiger partial charge in [-0.3, -0.25) is 19.2 Å². The second kappa shape index (κ2) is 45.0. The first-order valence-corrected chi connectivity index (χ1v) is 27.4. The molecule has 0 atom stereocenters. The number of carbonyl (C=O) groups excluding carboxylic acids is 2. The molecule has 0 aliphatic carbocycles. The average molecular weight is 889 g/mol. The highest BCUT2D eigenvalue weighted by Gasteiger charge is 2.19. The van der Waals surface area contributed by atoms with E-state index in [1.54, 1.807) is 0 Å². The van der Waals surface area contributed by atoms with Crippen LogP contribution in [-0.4, -0.2) is 55.7 Å². The number of hydrogen-bond acceptors (Lipinski definition) is 8. The lowest BCUT2D eigenvalue weighted by atomic mass is 9.93. The van der Waals surface area contributed by atoms with Crippen molar-refractivity contribution in [1.82, 2.24) is 4.90 Å². The molecule has 0 aliphatic heterocycles. The molecule has 63 heavy (non-hydrogen) atoms. The maximum atomic E-state index is 12.9. The van der Waals surface area contributed by atoms with Gasteiger partial charge >= 0.3 is 11.9 Å². The van der Waals surface area contributed by atoms with Gasteiger partial charge in [0.1, 0.15) is 6.10 Å². The van der Waals surface area contributed by atoms with Crippen LogP contribution >= 0.6 is 0 Å². The number of anilines is 1. The molecule has 1 rings (SSSR count). The quantitative estimate of drug-likeness (QED) is 0.0392. The zero-order chi connectivity index (χ0) is 46.6. The second-order valence-corrected chi connectivity index (χ2v) is 18.4. The molecule has 0 bridgehead atoms. The second-order valence-electron chi connectivity index (χ2n) is 18.4. The summed E-state index contributed by atoms with van der Waals surface area (Å²) in [5, 5.41) is 3.25. The van der Waals surface area contributed by atoms with Crippen LogP contribution in [0.25, 0.3) is 0 Å². The topological polar surface area (TPSA) is 102 Å². The van der Waals surface area contributed by atoms with Crippen LogP contribution in [0, 0.1) is 5.92 Å². The van der Waals surface area contributed by atoms with Crippen molar-refractivity contribution in [1.29, 1.82) is 0 Å². The van der Waals surface area contributed by atoms with Gasteiger partial charge < -0.3 is 19.7 Å². The van der Waals surface area contributed by atoms with E-state index in [9.17, 15) is 19.2 Å². The van der Waals surface area contributed by atoms with Crippen LogP contribution < -0.4 is 16.2 Å². The Balaban J connectivity index is 0.0000189. The molecule has 0 saturated heterocycles. The monoisotopic (exact) mass is 889 g/mol. The molecular weight excluding hydrogens is 785 g/mol. The van der Waals surface area contributed by atoms with Gasteiger partial charge in [0.25, 0.3) is 0 Å². The molecule has 0 unspecified atom stereocenters. The van der Waals surface area contributed by atoms with Crippen LogP contribution in [0.5, 0.6) is 0 Å². The van der Waals surface area contributed by atoms with Crippen LogP contribution in [0.4, 0.5) is 5.69 Å². The van der Waals surface area contributed by atoms with Crippen molar-refractivity contribution in [3.05, 3.63) is 26.0 Å². The third-order valence-electron chi connectivity index (χ3n) is 12.8. The fourth-order valence-electron chi connectivity index (χ4n) is 8.73. The summed E-state index contributed by atoms with van der Waals surface area (Å²) in [4.78, 5) is 51.7. The molecule has 0 spiro atoms. The normalized spacial score (nSPS) is 11.5. The van der Waals surface area contributed by atoms with Gasteiger partial charge in [0.15, 0.2) is 0 Å². The Morgan fingerprint density at radius 1 is 0.492 bits per heavy atom. The third-order valence-corrected chi connectivity index (χ3v) is 12.8. The van der Waals surface area contributed by atoms with Crippen molar-refractivity contribution < 1.29 is 19.1 Å². The van der Waals surface area contributed by atoms with E-state index in [1.807, 2.05) is 20.8 Å². The summed E-state index contributed by atoms with van der Waals surface area (Å²) < 4.78 is 11.7. The summed E-state index contributed by atoms with van der Waals surface area (Å²) in [6.45, 7) is 19.2. The minimum atomic E-state index is -0.366. The Morgan fingerprint density at radius 3 is 1.44 bits per heavy atom. The van der Waals surface area contributed by atoms with Gasteiger partial charge in [-0.2, -0.15) is 0 Å². The summed E-state index contributed by atoms with van der Waals surface area (Å²) in [5.41, 5.74) is 0.476. The molecule has 0 amide bonds. The number of esters is 2. The molecule has 0 aliphatic rings. The van der Waals surface area contributed by atoms with Gasteiger partial charge in [0.05, 0.1) is 12.3 Å². The van der Waals surface area contributed by atoms with E-state index in [1.165, 1.54) is 116 Å². The number of rotatable bonds is 46. The largest absolute Gasteiger partial charge is 0.466 e. The van der Waals surface area contributed by atoms with E-state index < -0.39 is 0 Å². The number of nitrogens with one attached hydrogen (secondary N) is 1. The summed E-state index contributed by atoms with van der Waals surface area (Å²) in [6.07, 6.45) is 39.2. The molecule has 0 radical (unpaired) electrons. The molecule has 0 aromatic heterocycles. The Labute approximate surface area is 389 Å². The lowest BCUT2D eigenvalue weighted by molar-refractivity contribution is -0.150. The summed E-state index contributed by atoms with van der Waals surface area (Å²) >= 11 is 0. The molecular formula is C55H104N2O6. The minimum absolute atomic E-state index is 0.000457. The minimum Gasteiger partial charge on any atom is -0.466 e. The fraction of sp³-hybridized carbons (Fsp3) is 0.891. The van der Waals surface area contributed by atoms with Crippen LogP contribution in [0.3, 0.4) is 0 Å². The van der Waals surface area contributed by atoms with E-state index in [4.69, 9.17) is 9.47 Å². The molecule has 370 valence electrons. The van der Waals surface area contributed by atoms with Gasteiger partial charge in [-0.05, 0) is 96.2 Å². The van der Waals surface area contributed by atoms with Gasteiger partial charge in [0.2, 0.25) is 10.9 Å². The van der Waals surface area contributed by atoms with Crippen molar-refractivity contribution in [3.63, 3.8) is 0 Å². The fourth-order valence-corrected chi connectivity index (χ4v) is 8.73. The SMILES string of the molecule is CC.CCCCCCCCC(CCCCCCCC)OC(=O)CCCCCCCN(CCCCCCCC(=O)OCCC(CCCC)CCCC)CCCNc1c(CC)c(=O)c1=O. The highest BCUT2D eigenvalue weighted by Crippen LogP contribution is 2.21. The zero-order valence-corrected chi connectivity index (χ0v) is 42.8. The molecule has 0 fully saturated rings. The molecule has 1 aromatic rings. The van der Waals surface area contributed by atoms with E-state index in [-0.39, 0.29) is 28.9 Å². The predicted molar refractivity (Wildman–Crippen MR) is 271 cm³/mol. The average Bonchev–Trinajstić information content (AvgIpc) is 3.29. The Morgan fingerprint density at radius 2 is 0.937 bits per heavy atom. The Hall–Kier alpha value is -2.22. The summed E-state index contributed by atoms with van der Waals surface area (Å²) in [7, 11) is 0. The molecule has 1 N–H and O–H groups in total. The smallest absolute Gasteiger partial charge is 0.306 e. The van der Waals surface area contributed by atoms with Crippen LogP contribution in [-0.2, 0) is 25.5 Å². The van der Waals surface area contributed by atoms with Crippen LogP contribution in [0.2, 0.25) is 0 Å². The van der Waals surface area contributed by atoms with Crippen LogP contribution in [0.1, 0.15) is 272 Å². The molecule has 0 saturated carbocycles. The Kier molecular flexibility index (Phi) is 43.4. The first-order chi connectivity index (χ1) is 30.8. The maximum Gasteiger partial charge on any atom is 0.306 e. The third kappa shape index (κ3) is 33.9. The van der Waals surface area contributed by atoms with E-state index >= 15 is 0 Å². The van der Waals surface area contributed by atoms with Gasteiger partial charge in [-0.25, -0.2) is 0 Å². The summed E-state index contributed by atoms with van der Waals surface area (Å²) in [5.74, 6) is 0.651. The van der Waals surface area contributed by atoms with Crippen molar-refractivity contribution >= 4 is 17.6 Å². The first kappa shape index (κ1) is 60.8. The maximum absolute atomic E-state index is 12.9. The van der Waals surface area contributed by atoms with Crippen molar-refractivity contribution in [2.24, 2.45) is 5.92 Å². The highest BCUT2D eigenvalue weighted by molar-refractivity contribution is 5.69. The Bertz CT molecular complexity index is 1220. The summed E-state index contributed by atoms with van der Waals surface area (Å²) in [6, 6.07) is 0. The number of carbonyl (C=O) groups is 2. The number of nitrogens with zero attached hydrogens (tertiary/aromatic N) is 1. The lowest BCUT2D eigenvalue weighted by Gasteiger charge is -2.23. The van der Waals surface area contributed by atoms with Gasteiger partial charge in [0, 0.05) is 24.9 Å². The highest BCUT2D eigenvalue weighted by atomic mass is 16.5. The predicted octanol–water partition coefficient (Wildman–Crippen LogP) is 15.0. The molecule has 8 nitrogen and oxygen atoms in total. The van der Waals surface area contributed by atoms with Gasteiger partial charge in [-0.1, -0.05) is 190 Å².